The van der Waals surface area contributed by atoms with Crippen LogP contribution in [0.25, 0.3) is 0 Å². The van der Waals surface area contributed by atoms with Crippen molar-refractivity contribution in [2.45, 2.75) is 0 Å². The van der Waals surface area contributed by atoms with Crippen molar-refractivity contribution < 1.29 is 18.7 Å². The van der Waals surface area contributed by atoms with Gasteiger partial charge in [-0.1, -0.05) is 15.9 Å². The summed E-state index contributed by atoms with van der Waals surface area (Å²) in [5.74, 6) is 0.278. The average molecular weight is 354 g/mol. The number of halogens is 2. The lowest BCUT2D eigenvalue weighted by atomic mass is 10.3. The Bertz CT molecular complexity index is 631. The molecule has 2 aromatic rings. The van der Waals surface area contributed by atoms with Crippen molar-refractivity contribution in [3.05, 3.63) is 52.8 Å². The largest absolute Gasteiger partial charge is 0.497 e. The molecule has 0 spiro atoms. The molecular formula is C15H13BrFNO3. The van der Waals surface area contributed by atoms with E-state index >= 15 is 0 Å². The second-order valence-electron chi connectivity index (χ2n) is 4.14. The number of rotatable bonds is 5. The molecule has 1 N–H and O–H groups in total. The molecule has 0 aliphatic rings. The van der Waals surface area contributed by atoms with E-state index in [1.165, 1.54) is 12.1 Å². The highest BCUT2D eigenvalue weighted by Crippen LogP contribution is 2.20. The summed E-state index contributed by atoms with van der Waals surface area (Å²) in [5, 5.41) is 2.45. The minimum absolute atomic E-state index is 0.113. The van der Waals surface area contributed by atoms with Crippen LogP contribution < -0.4 is 14.8 Å². The van der Waals surface area contributed by atoms with Crippen LogP contribution in [0.15, 0.2) is 46.9 Å². The van der Waals surface area contributed by atoms with Gasteiger partial charge in [-0.25, -0.2) is 4.39 Å². The Kier molecular flexibility index (Phi) is 5.16. The van der Waals surface area contributed by atoms with Crippen molar-refractivity contribution in [3.63, 3.8) is 0 Å². The Hall–Kier alpha value is -2.08. The first-order valence-electron chi connectivity index (χ1n) is 6.10. The highest BCUT2D eigenvalue weighted by atomic mass is 79.9. The third kappa shape index (κ3) is 4.46. The second-order valence-corrected chi connectivity index (χ2v) is 5.05. The minimum atomic E-state index is -0.512. The van der Waals surface area contributed by atoms with Gasteiger partial charge in [-0.05, 0) is 42.5 Å². The molecule has 6 heteroatoms. The van der Waals surface area contributed by atoms with E-state index in [1.807, 2.05) is 0 Å². The molecule has 1 amide bonds. The molecule has 0 fully saturated rings. The van der Waals surface area contributed by atoms with E-state index in [-0.39, 0.29) is 12.3 Å². The van der Waals surface area contributed by atoms with Crippen LogP contribution >= 0.6 is 15.9 Å². The van der Waals surface area contributed by atoms with Crippen LogP contribution in [0.5, 0.6) is 11.5 Å². The van der Waals surface area contributed by atoms with E-state index < -0.39 is 11.7 Å². The highest BCUT2D eigenvalue weighted by Gasteiger charge is 2.08. The number of methoxy groups -OCH3 is 1. The maximum atomic E-state index is 13.6. The number of nitrogens with one attached hydrogen (secondary N) is 1. The number of hydrogen-bond acceptors (Lipinski definition) is 3. The zero-order valence-corrected chi connectivity index (χ0v) is 12.8. The minimum Gasteiger partial charge on any atom is -0.497 e. The van der Waals surface area contributed by atoms with E-state index in [9.17, 15) is 9.18 Å². The summed E-state index contributed by atoms with van der Waals surface area (Å²) in [6, 6.07) is 11.2. The first-order chi connectivity index (χ1) is 10.1. The summed E-state index contributed by atoms with van der Waals surface area (Å²) in [6.45, 7) is -0.207. The quantitative estimate of drug-likeness (QED) is 0.892. The van der Waals surface area contributed by atoms with E-state index in [1.54, 1.807) is 37.4 Å². The molecule has 0 radical (unpaired) electrons. The van der Waals surface area contributed by atoms with Crippen LogP contribution in [0.2, 0.25) is 0 Å². The summed E-state index contributed by atoms with van der Waals surface area (Å²) >= 11 is 3.15. The third-order valence-corrected chi connectivity index (χ3v) is 3.13. The Labute approximate surface area is 130 Å². The van der Waals surface area contributed by atoms with Crippen molar-refractivity contribution >= 4 is 27.5 Å². The maximum Gasteiger partial charge on any atom is 0.262 e. The van der Waals surface area contributed by atoms with Gasteiger partial charge < -0.3 is 14.8 Å². The zero-order chi connectivity index (χ0) is 15.2. The van der Waals surface area contributed by atoms with E-state index in [0.717, 1.165) is 0 Å². The molecule has 0 aliphatic carbocycles. The lowest BCUT2D eigenvalue weighted by molar-refractivity contribution is -0.118. The van der Waals surface area contributed by atoms with Gasteiger partial charge in [-0.3, -0.25) is 4.79 Å². The predicted molar refractivity (Wildman–Crippen MR) is 81.2 cm³/mol. The molecular weight excluding hydrogens is 341 g/mol. The van der Waals surface area contributed by atoms with Crippen molar-refractivity contribution in [1.82, 2.24) is 0 Å². The summed E-state index contributed by atoms with van der Waals surface area (Å²) in [5.41, 5.74) is 0.113. The van der Waals surface area contributed by atoms with Gasteiger partial charge in [0.1, 0.15) is 17.3 Å². The van der Waals surface area contributed by atoms with Crippen molar-refractivity contribution in [2.75, 3.05) is 19.0 Å². The number of ether oxygens (including phenoxy) is 2. The predicted octanol–water partition coefficient (Wildman–Crippen LogP) is 3.61. The van der Waals surface area contributed by atoms with E-state index in [0.29, 0.717) is 16.0 Å². The van der Waals surface area contributed by atoms with Gasteiger partial charge in [0.25, 0.3) is 5.91 Å². The van der Waals surface area contributed by atoms with Crippen LogP contribution in [-0.4, -0.2) is 19.6 Å². The number of hydrogen-bond donors (Lipinski definition) is 1. The van der Waals surface area contributed by atoms with Gasteiger partial charge in [0.15, 0.2) is 6.61 Å². The molecule has 0 bridgehead atoms. The van der Waals surface area contributed by atoms with Gasteiger partial charge in [0, 0.05) is 4.47 Å². The Morgan fingerprint density at radius 2 is 1.86 bits per heavy atom. The molecule has 0 aliphatic heterocycles. The first-order valence-corrected chi connectivity index (χ1v) is 6.89. The standard InChI is InChI=1S/C15H13BrFNO3/c1-20-11-3-5-12(6-4-11)21-9-15(19)18-14-7-2-10(16)8-13(14)17/h2-8H,9H2,1H3,(H,18,19). The summed E-state index contributed by atoms with van der Waals surface area (Å²) < 4.78 is 24.5. The summed E-state index contributed by atoms with van der Waals surface area (Å²) in [4.78, 5) is 11.7. The maximum absolute atomic E-state index is 13.6. The smallest absolute Gasteiger partial charge is 0.262 e. The van der Waals surface area contributed by atoms with Crippen LogP contribution in [0.1, 0.15) is 0 Å². The second kappa shape index (κ2) is 7.08. The topological polar surface area (TPSA) is 47.6 Å². The number of anilines is 1. The molecule has 110 valence electrons. The van der Waals surface area contributed by atoms with Gasteiger partial charge in [0.05, 0.1) is 12.8 Å². The number of amides is 1. The fourth-order valence-corrected chi connectivity index (χ4v) is 1.93. The molecule has 0 heterocycles. The van der Waals surface area contributed by atoms with Crippen LogP contribution in [-0.2, 0) is 4.79 Å². The Morgan fingerprint density at radius 1 is 1.19 bits per heavy atom. The van der Waals surface area contributed by atoms with Crippen molar-refractivity contribution in [1.29, 1.82) is 0 Å². The van der Waals surface area contributed by atoms with Gasteiger partial charge in [-0.2, -0.15) is 0 Å². The molecule has 0 atom stereocenters. The Morgan fingerprint density at radius 3 is 2.48 bits per heavy atom. The number of benzene rings is 2. The molecule has 2 aromatic carbocycles. The van der Waals surface area contributed by atoms with Crippen LogP contribution in [0, 0.1) is 5.82 Å². The van der Waals surface area contributed by atoms with E-state index in [2.05, 4.69) is 21.2 Å². The third-order valence-electron chi connectivity index (χ3n) is 2.63. The molecule has 2 rings (SSSR count). The Balaban J connectivity index is 1.89. The van der Waals surface area contributed by atoms with E-state index in [4.69, 9.17) is 9.47 Å². The molecule has 4 nitrogen and oxygen atoms in total. The lowest BCUT2D eigenvalue weighted by Gasteiger charge is -2.09. The molecule has 21 heavy (non-hydrogen) atoms. The van der Waals surface area contributed by atoms with Crippen LogP contribution in [0.3, 0.4) is 0 Å². The molecule has 0 saturated carbocycles. The lowest BCUT2D eigenvalue weighted by Crippen LogP contribution is -2.20. The number of carbonyl (C=O) groups is 1. The van der Waals surface area contributed by atoms with Gasteiger partial charge >= 0.3 is 0 Å². The van der Waals surface area contributed by atoms with Gasteiger partial charge in [0.2, 0.25) is 0 Å². The number of carbonyl (C=O) groups excluding carboxylic acids is 1. The highest BCUT2D eigenvalue weighted by molar-refractivity contribution is 9.10. The molecule has 0 saturated heterocycles. The fraction of sp³-hybridized carbons (Fsp3) is 0.133. The van der Waals surface area contributed by atoms with Crippen LogP contribution in [0.4, 0.5) is 10.1 Å². The first kappa shape index (κ1) is 15.3. The SMILES string of the molecule is COc1ccc(OCC(=O)Nc2ccc(Br)cc2F)cc1. The molecule has 0 unspecified atom stereocenters. The fourth-order valence-electron chi connectivity index (χ4n) is 1.60. The van der Waals surface area contributed by atoms with Crippen molar-refractivity contribution in [3.8, 4) is 11.5 Å². The zero-order valence-electron chi connectivity index (χ0n) is 11.2. The average Bonchev–Trinajstić information content (AvgIpc) is 2.48. The van der Waals surface area contributed by atoms with Gasteiger partial charge in [-0.15, -0.1) is 0 Å². The van der Waals surface area contributed by atoms with Crippen molar-refractivity contribution in [2.24, 2.45) is 0 Å². The monoisotopic (exact) mass is 353 g/mol. The normalized spacial score (nSPS) is 10.0. The summed E-state index contributed by atoms with van der Waals surface area (Å²) in [6.07, 6.45) is 0. The molecule has 0 aromatic heterocycles. The summed E-state index contributed by atoms with van der Waals surface area (Å²) in [7, 11) is 1.57.